The van der Waals surface area contributed by atoms with Crippen LogP contribution in [0.15, 0.2) is 0 Å². The van der Waals surface area contributed by atoms with Crippen molar-refractivity contribution in [1.29, 1.82) is 0 Å². The summed E-state index contributed by atoms with van der Waals surface area (Å²) in [4.78, 5) is 0. The van der Waals surface area contributed by atoms with Gasteiger partial charge in [0.25, 0.3) is 0 Å². The molecule has 0 bridgehead atoms. The maximum Gasteiger partial charge on any atom is 0.0217 e. The molecule has 0 aromatic carbocycles. The van der Waals surface area contributed by atoms with Crippen LogP contribution in [-0.2, 0) is 0 Å². The Balaban J connectivity index is 3.58. The first-order chi connectivity index (χ1) is 4.68. The number of halogens is 1. The first kappa shape index (κ1) is 10.7. The highest BCUT2D eigenvalue weighted by atomic mass is 127. The predicted molar refractivity (Wildman–Crippen MR) is 56.9 cm³/mol. The van der Waals surface area contributed by atoms with Gasteiger partial charge < -0.3 is 0 Å². The van der Waals surface area contributed by atoms with E-state index in [1.54, 1.807) is 0 Å². The van der Waals surface area contributed by atoms with Gasteiger partial charge in [0.15, 0.2) is 0 Å². The molecule has 1 heteroatoms. The number of rotatable bonds is 5. The summed E-state index contributed by atoms with van der Waals surface area (Å²) in [6.45, 7) is 6.86. The third-order valence-electron chi connectivity index (χ3n) is 2.25. The van der Waals surface area contributed by atoms with Crippen molar-refractivity contribution in [2.24, 2.45) is 0 Å². The zero-order valence-electron chi connectivity index (χ0n) is 7.41. The number of hydrogen-bond donors (Lipinski definition) is 0. The summed E-state index contributed by atoms with van der Waals surface area (Å²) < 4.78 is 0.605. The van der Waals surface area contributed by atoms with Gasteiger partial charge in [-0.25, -0.2) is 0 Å². The summed E-state index contributed by atoms with van der Waals surface area (Å²) in [7, 11) is 0. The van der Waals surface area contributed by atoms with Crippen molar-refractivity contribution in [3.63, 3.8) is 0 Å². The van der Waals surface area contributed by atoms with Crippen LogP contribution >= 0.6 is 22.6 Å². The highest BCUT2D eigenvalue weighted by molar-refractivity contribution is 14.1. The molecule has 10 heavy (non-hydrogen) atoms. The molecular weight excluding hydrogens is 235 g/mol. The van der Waals surface area contributed by atoms with Gasteiger partial charge in [-0.2, -0.15) is 0 Å². The van der Waals surface area contributed by atoms with Crippen LogP contribution < -0.4 is 0 Å². The Labute approximate surface area is 78.9 Å². The summed E-state index contributed by atoms with van der Waals surface area (Å²) in [6.07, 6.45) is 6.78. The molecule has 0 saturated heterocycles. The molecule has 0 aliphatic carbocycles. The minimum Gasteiger partial charge on any atom is -0.0789 e. The lowest BCUT2D eigenvalue weighted by Gasteiger charge is -2.23. The van der Waals surface area contributed by atoms with E-state index in [2.05, 4.69) is 43.4 Å². The Morgan fingerprint density at radius 2 is 1.60 bits per heavy atom. The van der Waals surface area contributed by atoms with Crippen LogP contribution in [0.4, 0.5) is 0 Å². The Bertz CT molecular complexity index is 74.8. The zero-order chi connectivity index (χ0) is 8.04. The summed E-state index contributed by atoms with van der Waals surface area (Å²) >= 11 is 2.63. The van der Waals surface area contributed by atoms with Crippen molar-refractivity contribution in [3.8, 4) is 0 Å². The number of hydrogen-bond acceptors (Lipinski definition) is 0. The molecule has 0 radical (unpaired) electrons. The van der Waals surface area contributed by atoms with Crippen molar-refractivity contribution in [2.45, 2.75) is 56.3 Å². The van der Waals surface area contributed by atoms with E-state index in [0.29, 0.717) is 3.42 Å². The second kappa shape index (κ2) is 5.39. The average Bonchev–Trinajstić information content (AvgIpc) is 2.00. The van der Waals surface area contributed by atoms with E-state index >= 15 is 0 Å². The molecule has 0 fully saturated rings. The lowest BCUT2D eigenvalue weighted by molar-refractivity contribution is 0.510. The fourth-order valence-corrected chi connectivity index (χ4v) is 1.48. The van der Waals surface area contributed by atoms with E-state index in [1.807, 2.05) is 0 Å². The third-order valence-corrected chi connectivity index (χ3v) is 4.31. The van der Waals surface area contributed by atoms with Crippen molar-refractivity contribution >= 4 is 22.6 Å². The SMILES string of the molecule is CCCCC(I)(CC)CC. The largest absolute Gasteiger partial charge is 0.0789 e. The second-order valence-electron chi connectivity index (χ2n) is 2.96. The van der Waals surface area contributed by atoms with Gasteiger partial charge in [-0.15, -0.1) is 0 Å². The Morgan fingerprint density at radius 3 is 1.90 bits per heavy atom. The molecule has 0 nitrogen and oxygen atoms in total. The van der Waals surface area contributed by atoms with E-state index in [1.165, 1.54) is 32.1 Å². The van der Waals surface area contributed by atoms with Gasteiger partial charge in [0, 0.05) is 3.42 Å². The monoisotopic (exact) mass is 254 g/mol. The molecular formula is C9H19I. The molecule has 62 valence electrons. The normalized spacial score (nSPS) is 12.0. The van der Waals surface area contributed by atoms with Crippen molar-refractivity contribution in [3.05, 3.63) is 0 Å². The van der Waals surface area contributed by atoms with Gasteiger partial charge in [-0.3, -0.25) is 0 Å². The zero-order valence-corrected chi connectivity index (χ0v) is 9.57. The molecule has 0 atom stereocenters. The van der Waals surface area contributed by atoms with E-state index in [9.17, 15) is 0 Å². The van der Waals surface area contributed by atoms with Crippen molar-refractivity contribution in [2.75, 3.05) is 0 Å². The minimum absolute atomic E-state index is 0.605. The first-order valence-electron chi connectivity index (χ1n) is 4.37. The lowest BCUT2D eigenvalue weighted by atomic mass is 9.97. The van der Waals surface area contributed by atoms with Crippen LogP contribution in [-0.4, -0.2) is 3.42 Å². The van der Waals surface area contributed by atoms with Gasteiger partial charge in [-0.1, -0.05) is 56.2 Å². The van der Waals surface area contributed by atoms with Gasteiger partial charge in [0.2, 0.25) is 0 Å². The maximum absolute atomic E-state index is 2.63. The van der Waals surface area contributed by atoms with E-state index in [-0.39, 0.29) is 0 Å². The number of unbranched alkanes of at least 4 members (excludes halogenated alkanes) is 1. The van der Waals surface area contributed by atoms with Crippen LogP contribution in [0.2, 0.25) is 0 Å². The van der Waals surface area contributed by atoms with Crippen LogP contribution in [0.25, 0.3) is 0 Å². The molecule has 0 aromatic rings. The minimum atomic E-state index is 0.605. The number of alkyl halides is 1. The first-order valence-corrected chi connectivity index (χ1v) is 5.45. The van der Waals surface area contributed by atoms with E-state index in [0.717, 1.165) is 0 Å². The molecule has 0 spiro atoms. The van der Waals surface area contributed by atoms with E-state index < -0.39 is 0 Å². The van der Waals surface area contributed by atoms with Gasteiger partial charge in [0.1, 0.15) is 0 Å². The van der Waals surface area contributed by atoms with Gasteiger partial charge in [-0.05, 0) is 19.3 Å². The second-order valence-corrected chi connectivity index (χ2v) is 5.25. The van der Waals surface area contributed by atoms with Gasteiger partial charge in [0.05, 0.1) is 0 Å². The lowest BCUT2D eigenvalue weighted by Crippen LogP contribution is -2.17. The molecule has 0 heterocycles. The molecule has 0 rings (SSSR count). The van der Waals surface area contributed by atoms with Crippen LogP contribution in [0.1, 0.15) is 52.9 Å². The Kier molecular flexibility index (Phi) is 5.78. The Morgan fingerprint density at radius 1 is 1.10 bits per heavy atom. The standard InChI is InChI=1S/C9H19I/c1-4-7-8-9(10,5-2)6-3/h4-8H2,1-3H3. The topological polar surface area (TPSA) is 0 Å². The molecule has 0 N–H and O–H groups in total. The third kappa shape index (κ3) is 3.79. The highest BCUT2D eigenvalue weighted by Crippen LogP contribution is 2.32. The van der Waals surface area contributed by atoms with E-state index in [4.69, 9.17) is 0 Å². The Hall–Kier alpha value is 0.730. The van der Waals surface area contributed by atoms with Crippen LogP contribution in [0, 0.1) is 0 Å². The van der Waals surface area contributed by atoms with Crippen LogP contribution in [0.5, 0.6) is 0 Å². The molecule has 0 unspecified atom stereocenters. The smallest absolute Gasteiger partial charge is 0.0217 e. The van der Waals surface area contributed by atoms with Crippen molar-refractivity contribution < 1.29 is 0 Å². The average molecular weight is 254 g/mol. The fourth-order valence-electron chi connectivity index (χ4n) is 1.10. The van der Waals surface area contributed by atoms with Crippen LogP contribution in [0.3, 0.4) is 0 Å². The summed E-state index contributed by atoms with van der Waals surface area (Å²) in [5.74, 6) is 0. The molecule has 0 aliphatic rings. The summed E-state index contributed by atoms with van der Waals surface area (Å²) in [6, 6.07) is 0. The molecule has 0 saturated carbocycles. The molecule has 0 aromatic heterocycles. The quantitative estimate of drug-likeness (QED) is 0.510. The maximum atomic E-state index is 2.63. The predicted octanol–water partition coefficient (Wildman–Crippen LogP) is 4.17. The van der Waals surface area contributed by atoms with Gasteiger partial charge >= 0.3 is 0 Å². The highest BCUT2D eigenvalue weighted by Gasteiger charge is 2.20. The summed E-state index contributed by atoms with van der Waals surface area (Å²) in [5, 5.41) is 0. The fraction of sp³-hybridized carbons (Fsp3) is 1.00. The van der Waals surface area contributed by atoms with Crippen molar-refractivity contribution in [1.82, 2.24) is 0 Å². The molecule has 0 aliphatic heterocycles. The molecule has 0 amide bonds. The summed E-state index contributed by atoms with van der Waals surface area (Å²) in [5.41, 5.74) is 0.